The lowest BCUT2D eigenvalue weighted by atomic mass is 10.1. The van der Waals surface area contributed by atoms with Crippen LogP contribution >= 0.6 is 0 Å². The van der Waals surface area contributed by atoms with Crippen LogP contribution in [-0.2, 0) is 6.42 Å². The fourth-order valence-corrected chi connectivity index (χ4v) is 3.55. The Morgan fingerprint density at radius 1 is 0.933 bits per heavy atom. The molecule has 6 nitrogen and oxygen atoms in total. The van der Waals surface area contributed by atoms with Gasteiger partial charge >= 0.3 is 0 Å². The Morgan fingerprint density at radius 2 is 1.77 bits per heavy atom. The van der Waals surface area contributed by atoms with Gasteiger partial charge in [0.05, 0.1) is 5.39 Å². The molecule has 5 rings (SSSR count). The lowest BCUT2D eigenvalue weighted by molar-refractivity contribution is 0.0954. The molecule has 0 bridgehead atoms. The first-order valence-corrected chi connectivity index (χ1v) is 9.89. The van der Waals surface area contributed by atoms with Crippen LogP contribution in [0, 0.1) is 0 Å². The molecule has 0 radical (unpaired) electrons. The van der Waals surface area contributed by atoms with Gasteiger partial charge in [-0.2, -0.15) is 0 Å². The van der Waals surface area contributed by atoms with Crippen LogP contribution in [0.3, 0.4) is 0 Å². The minimum atomic E-state index is -0.130. The van der Waals surface area contributed by atoms with Gasteiger partial charge in [0, 0.05) is 17.7 Å². The summed E-state index contributed by atoms with van der Waals surface area (Å²) in [6, 6.07) is 21.0. The first kappa shape index (κ1) is 18.2. The van der Waals surface area contributed by atoms with Crippen LogP contribution in [0.1, 0.15) is 15.9 Å². The third-order valence-electron chi connectivity index (χ3n) is 5.08. The maximum atomic E-state index is 12.7. The standard InChI is InChI=1S/C24H20N2O4/c27-24(25-11-10-16-6-9-21-22(14-16)29-13-12-28-21)18-7-8-20-19(15-18)23(30-26-20)17-4-2-1-3-5-17/h1-9,14-15H,10-13H2,(H,25,27). The van der Waals surface area contributed by atoms with E-state index in [2.05, 4.69) is 10.5 Å². The van der Waals surface area contributed by atoms with Gasteiger partial charge in [0.1, 0.15) is 18.7 Å². The number of hydrogen-bond donors (Lipinski definition) is 1. The predicted molar refractivity (Wildman–Crippen MR) is 113 cm³/mol. The number of carbonyl (C=O) groups excluding carboxylic acids is 1. The molecule has 0 unspecified atom stereocenters. The highest BCUT2D eigenvalue weighted by Gasteiger charge is 2.15. The van der Waals surface area contributed by atoms with E-state index >= 15 is 0 Å². The number of fused-ring (bicyclic) bond motifs is 2. The minimum Gasteiger partial charge on any atom is -0.486 e. The molecule has 1 aliphatic rings. The maximum Gasteiger partial charge on any atom is 0.251 e. The number of nitrogens with zero attached hydrogens (tertiary/aromatic N) is 1. The van der Waals surface area contributed by atoms with Crippen molar-refractivity contribution < 1.29 is 18.8 Å². The predicted octanol–water partition coefficient (Wildman–Crippen LogP) is 4.24. The summed E-state index contributed by atoms with van der Waals surface area (Å²) in [6.07, 6.45) is 0.702. The summed E-state index contributed by atoms with van der Waals surface area (Å²) in [7, 11) is 0. The van der Waals surface area contributed by atoms with Crippen LogP contribution in [-0.4, -0.2) is 30.8 Å². The zero-order valence-electron chi connectivity index (χ0n) is 16.3. The van der Waals surface area contributed by atoms with E-state index in [0.29, 0.717) is 37.5 Å². The quantitative estimate of drug-likeness (QED) is 0.542. The lowest BCUT2D eigenvalue weighted by Gasteiger charge is -2.18. The van der Waals surface area contributed by atoms with Crippen LogP contribution in [0.25, 0.3) is 22.2 Å². The molecule has 4 aromatic rings. The summed E-state index contributed by atoms with van der Waals surface area (Å²) in [5.74, 6) is 2.06. The second kappa shape index (κ2) is 7.91. The molecule has 1 N–H and O–H groups in total. The first-order chi connectivity index (χ1) is 14.8. The van der Waals surface area contributed by atoms with Gasteiger partial charge in [-0.15, -0.1) is 0 Å². The number of amides is 1. The SMILES string of the molecule is O=C(NCCc1ccc2c(c1)OCCO2)c1ccc2noc(-c3ccccc3)c2c1. The van der Waals surface area contributed by atoms with Crippen molar-refractivity contribution in [1.29, 1.82) is 0 Å². The maximum absolute atomic E-state index is 12.7. The van der Waals surface area contributed by atoms with Crippen LogP contribution < -0.4 is 14.8 Å². The van der Waals surface area contributed by atoms with Crippen LogP contribution in [0.2, 0.25) is 0 Å². The molecule has 1 aliphatic heterocycles. The molecule has 0 atom stereocenters. The second-order valence-electron chi connectivity index (χ2n) is 7.09. The molecule has 0 saturated heterocycles. The average molecular weight is 400 g/mol. The van der Waals surface area contributed by atoms with Gasteiger partial charge in [0.25, 0.3) is 5.91 Å². The zero-order valence-corrected chi connectivity index (χ0v) is 16.3. The molecule has 30 heavy (non-hydrogen) atoms. The average Bonchev–Trinajstić information content (AvgIpc) is 3.23. The van der Waals surface area contributed by atoms with Gasteiger partial charge in [-0.3, -0.25) is 4.79 Å². The second-order valence-corrected chi connectivity index (χ2v) is 7.09. The van der Waals surface area contributed by atoms with E-state index in [-0.39, 0.29) is 5.91 Å². The molecular formula is C24H20N2O4. The molecule has 1 amide bonds. The van der Waals surface area contributed by atoms with Gasteiger partial charge in [-0.25, -0.2) is 0 Å². The summed E-state index contributed by atoms with van der Waals surface area (Å²) in [4.78, 5) is 12.7. The van der Waals surface area contributed by atoms with Crippen molar-refractivity contribution in [2.45, 2.75) is 6.42 Å². The molecule has 150 valence electrons. The van der Waals surface area contributed by atoms with E-state index in [4.69, 9.17) is 14.0 Å². The lowest BCUT2D eigenvalue weighted by Crippen LogP contribution is -2.25. The Labute approximate surface area is 173 Å². The van der Waals surface area contributed by atoms with Crippen molar-refractivity contribution in [3.05, 3.63) is 77.9 Å². The molecular weight excluding hydrogens is 380 g/mol. The third-order valence-corrected chi connectivity index (χ3v) is 5.08. The molecule has 0 saturated carbocycles. The monoisotopic (exact) mass is 400 g/mol. The van der Waals surface area contributed by atoms with Crippen molar-refractivity contribution in [2.24, 2.45) is 0 Å². The van der Waals surface area contributed by atoms with Gasteiger partial charge in [-0.05, 0) is 42.3 Å². The number of benzene rings is 3. The van der Waals surface area contributed by atoms with E-state index in [0.717, 1.165) is 33.5 Å². The smallest absolute Gasteiger partial charge is 0.251 e. The highest BCUT2D eigenvalue weighted by molar-refractivity contribution is 6.00. The number of carbonyl (C=O) groups is 1. The Morgan fingerprint density at radius 3 is 2.63 bits per heavy atom. The van der Waals surface area contributed by atoms with E-state index in [9.17, 15) is 4.79 Å². The topological polar surface area (TPSA) is 73.6 Å². The molecule has 0 fully saturated rings. The number of hydrogen-bond acceptors (Lipinski definition) is 5. The Balaban J connectivity index is 1.28. The van der Waals surface area contributed by atoms with E-state index in [1.54, 1.807) is 12.1 Å². The van der Waals surface area contributed by atoms with Gasteiger partial charge in [0.2, 0.25) is 0 Å². The largest absolute Gasteiger partial charge is 0.486 e. The molecule has 1 aromatic heterocycles. The fourth-order valence-electron chi connectivity index (χ4n) is 3.55. The fraction of sp³-hybridized carbons (Fsp3) is 0.167. The normalized spacial score (nSPS) is 12.7. The van der Waals surface area contributed by atoms with Crippen molar-refractivity contribution in [3.8, 4) is 22.8 Å². The molecule has 0 aliphatic carbocycles. The van der Waals surface area contributed by atoms with Crippen molar-refractivity contribution >= 4 is 16.8 Å². The number of aromatic nitrogens is 1. The van der Waals surface area contributed by atoms with E-state index in [1.807, 2.05) is 54.6 Å². The number of nitrogens with one attached hydrogen (secondary N) is 1. The van der Waals surface area contributed by atoms with Crippen molar-refractivity contribution in [3.63, 3.8) is 0 Å². The van der Waals surface area contributed by atoms with E-state index < -0.39 is 0 Å². The summed E-state index contributed by atoms with van der Waals surface area (Å²) < 4.78 is 16.7. The zero-order chi connectivity index (χ0) is 20.3. The molecule has 2 heterocycles. The Hall–Kier alpha value is -3.80. The van der Waals surface area contributed by atoms with Gasteiger partial charge < -0.3 is 19.3 Å². The summed E-state index contributed by atoms with van der Waals surface area (Å²) in [5, 5.41) is 7.91. The Kier molecular flexibility index (Phi) is 4.81. The number of ether oxygens (including phenoxy) is 2. The molecule has 6 heteroatoms. The van der Waals surface area contributed by atoms with Gasteiger partial charge in [0.15, 0.2) is 17.3 Å². The molecule has 3 aromatic carbocycles. The summed E-state index contributed by atoms with van der Waals surface area (Å²) >= 11 is 0. The highest BCUT2D eigenvalue weighted by atomic mass is 16.6. The summed E-state index contributed by atoms with van der Waals surface area (Å²) in [5.41, 5.74) is 3.31. The van der Waals surface area contributed by atoms with Crippen molar-refractivity contribution in [1.82, 2.24) is 10.5 Å². The Bertz CT molecular complexity index is 1200. The number of rotatable bonds is 5. The van der Waals surface area contributed by atoms with Crippen LogP contribution in [0.5, 0.6) is 11.5 Å². The minimum absolute atomic E-state index is 0.130. The molecule has 0 spiro atoms. The van der Waals surface area contributed by atoms with Crippen LogP contribution in [0.15, 0.2) is 71.3 Å². The van der Waals surface area contributed by atoms with Crippen LogP contribution in [0.4, 0.5) is 0 Å². The van der Waals surface area contributed by atoms with E-state index in [1.165, 1.54) is 0 Å². The third kappa shape index (κ3) is 3.59. The highest BCUT2D eigenvalue weighted by Crippen LogP contribution is 2.31. The first-order valence-electron chi connectivity index (χ1n) is 9.89. The van der Waals surface area contributed by atoms with Gasteiger partial charge in [-0.1, -0.05) is 41.6 Å². The van der Waals surface area contributed by atoms with Crippen molar-refractivity contribution in [2.75, 3.05) is 19.8 Å². The summed E-state index contributed by atoms with van der Waals surface area (Å²) in [6.45, 7) is 1.65.